The van der Waals surface area contributed by atoms with E-state index in [-0.39, 0.29) is 25.1 Å². The highest BCUT2D eigenvalue weighted by atomic mass is 16.7. The molecule has 0 radical (unpaired) electrons. The number of hydrogen-bond acceptors (Lipinski definition) is 11. The second kappa shape index (κ2) is 10.7. The lowest BCUT2D eigenvalue weighted by Crippen LogP contribution is -2.60. The summed E-state index contributed by atoms with van der Waals surface area (Å²) in [7, 11) is 0. The van der Waals surface area contributed by atoms with E-state index < -0.39 is 55.3 Å². The molecule has 11 nitrogen and oxygen atoms in total. The summed E-state index contributed by atoms with van der Waals surface area (Å²) in [5, 5.41) is 69.3. The standard InChI is InChI=1S/C21H32O11/c1-11(2-3-12-4-6-13(23)7-5-12)31-19-17(26)16(25)15(24)14(32-19)8-29-20-18(27)21(28,9-22)10-30-20/h4-7,11,14-20,22-28H,2-3,8-10H2,1H3/t11-,14+,15+,16-,17+,18-,19-,20+,21+/m0/s1. The first-order chi connectivity index (χ1) is 15.1. The molecule has 2 aliphatic rings. The zero-order valence-corrected chi connectivity index (χ0v) is 17.7. The molecule has 2 saturated heterocycles. The minimum absolute atomic E-state index is 0.175. The van der Waals surface area contributed by atoms with E-state index in [2.05, 4.69) is 0 Å². The van der Waals surface area contributed by atoms with E-state index >= 15 is 0 Å². The first-order valence-electron chi connectivity index (χ1n) is 10.5. The molecule has 0 bridgehead atoms. The Kier molecular flexibility index (Phi) is 8.44. The van der Waals surface area contributed by atoms with Gasteiger partial charge in [-0.15, -0.1) is 0 Å². The molecule has 0 saturated carbocycles. The average Bonchev–Trinajstić information content (AvgIpc) is 3.07. The van der Waals surface area contributed by atoms with Crippen LogP contribution in [0.2, 0.25) is 0 Å². The van der Waals surface area contributed by atoms with E-state index in [1.165, 1.54) is 0 Å². The van der Waals surface area contributed by atoms with Crippen molar-refractivity contribution in [3.05, 3.63) is 29.8 Å². The van der Waals surface area contributed by atoms with Crippen LogP contribution in [0.25, 0.3) is 0 Å². The minimum Gasteiger partial charge on any atom is -0.508 e. The summed E-state index contributed by atoms with van der Waals surface area (Å²) < 4.78 is 21.9. The Hall–Kier alpha value is -1.38. The van der Waals surface area contributed by atoms with E-state index in [1.807, 2.05) is 0 Å². The van der Waals surface area contributed by atoms with E-state index in [0.29, 0.717) is 12.8 Å². The Morgan fingerprint density at radius 1 is 1.06 bits per heavy atom. The van der Waals surface area contributed by atoms with Crippen LogP contribution in [-0.4, -0.2) is 110 Å². The van der Waals surface area contributed by atoms with Crippen LogP contribution in [0, 0.1) is 0 Å². The van der Waals surface area contributed by atoms with Crippen molar-refractivity contribution in [1.29, 1.82) is 0 Å². The fourth-order valence-electron chi connectivity index (χ4n) is 3.62. The molecular formula is C21H32O11. The number of ether oxygens (including phenoxy) is 4. The quantitative estimate of drug-likeness (QED) is 0.217. The Balaban J connectivity index is 1.52. The van der Waals surface area contributed by atoms with Gasteiger partial charge >= 0.3 is 0 Å². The van der Waals surface area contributed by atoms with Gasteiger partial charge in [-0.2, -0.15) is 0 Å². The highest BCUT2D eigenvalue weighted by molar-refractivity contribution is 5.25. The van der Waals surface area contributed by atoms with E-state index in [1.54, 1.807) is 31.2 Å². The molecule has 182 valence electrons. The zero-order valence-electron chi connectivity index (χ0n) is 17.7. The number of benzene rings is 1. The van der Waals surface area contributed by atoms with Crippen molar-refractivity contribution >= 4 is 0 Å². The van der Waals surface area contributed by atoms with E-state index in [0.717, 1.165) is 5.56 Å². The van der Waals surface area contributed by atoms with Crippen LogP contribution in [-0.2, 0) is 25.4 Å². The predicted molar refractivity (Wildman–Crippen MR) is 107 cm³/mol. The third-order valence-corrected chi connectivity index (χ3v) is 5.82. The second-order valence-corrected chi connectivity index (χ2v) is 8.39. The molecule has 7 N–H and O–H groups in total. The Morgan fingerprint density at radius 2 is 1.75 bits per heavy atom. The van der Waals surface area contributed by atoms with E-state index in [9.17, 15) is 35.7 Å². The van der Waals surface area contributed by atoms with Gasteiger partial charge in [-0.05, 0) is 37.5 Å². The van der Waals surface area contributed by atoms with Crippen LogP contribution >= 0.6 is 0 Å². The smallest absolute Gasteiger partial charge is 0.186 e. The summed E-state index contributed by atoms with van der Waals surface area (Å²) >= 11 is 0. The summed E-state index contributed by atoms with van der Waals surface area (Å²) in [5.74, 6) is 0.175. The first kappa shape index (κ1) is 25.2. The van der Waals surface area contributed by atoms with Crippen molar-refractivity contribution in [2.45, 2.75) is 74.6 Å². The molecule has 0 spiro atoms. The monoisotopic (exact) mass is 460 g/mol. The number of aliphatic hydroxyl groups is 6. The summed E-state index contributed by atoms with van der Waals surface area (Å²) in [6.07, 6.45) is -8.83. The van der Waals surface area contributed by atoms with Gasteiger partial charge in [0.05, 0.1) is 25.9 Å². The summed E-state index contributed by atoms with van der Waals surface area (Å²) in [6, 6.07) is 6.75. The lowest BCUT2D eigenvalue weighted by atomic mass is 9.99. The molecule has 3 rings (SSSR count). The maximum absolute atomic E-state index is 10.3. The number of aryl methyl sites for hydroxylation is 1. The molecule has 0 unspecified atom stereocenters. The molecule has 2 heterocycles. The van der Waals surface area contributed by atoms with Gasteiger partial charge in [0.25, 0.3) is 0 Å². The van der Waals surface area contributed by atoms with Gasteiger partial charge in [0, 0.05) is 0 Å². The second-order valence-electron chi connectivity index (χ2n) is 8.39. The van der Waals surface area contributed by atoms with Gasteiger partial charge in [0.1, 0.15) is 41.9 Å². The highest BCUT2D eigenvalue weighted by Crippen LogP contribution is 2.28. The van der Waals surface area contributed by atoms with Crippen molar-refractivity contribution in [3.8, 4) is 5.75 Å². The molecule has 9 atom stereocenters. The Morgan fingerprint density at radius 3 is 2.38 bits per heavy atom. The first-order valence-corrected chi connectivity index (χ1v) is 10.5. The number of phenolic OH excluding ortho intramolecular Hbond substituents is 1. The summed E-state index contributed by atoms with van der Waals surface area (Å²) in [5.41, 5.74) is -0.867. The van der Waals surface area contributed by atoms with Gasteiger partial charge in [0.15, 0.2) is 12.6 Å². The van der Waals surface area contributed by atoms with Gasteiger partial charge in [-0.25, -0.2) is 0 Å². The maximum atomic E-state index is 10.3. The molecule has 1 aromatic rings. The third kappa shape index (κ3) is 5.75. The summed E-state index contributed by atoms with van der Waals surface area (Å²) in [4.78, 5) is 0. The van der Waals surface area contributed by atoms with E-state index in [4.69, 9.17) is 18.9 Å². The van der Waals surface area contributed by atoms with Crippen LogP contribution in [0.15, 0.2) is 24.3 Å². The van der Waals surface area contributed by atoms with Crippen LogP contribution < -0.4 is 0 Å². The van der Waals surface area contributed by atoms with Crippen LogP contribution in [0.3, 0.4) is 0 Å². The molecule has 32 heavy (non-hydrogen) atoms. The van der Waals surface area contributed by atoms with Crippen molar-refractivity contribution in [1.82, 2.24) is 0 Å². The number of phenols is 1. The minimum atomic E-state index is -1.86. The van der Waals surface area contributed by atoms with Crippen molar-refractivity contribution in [3.63, 3.8) is 0 Å². The maximum Gasteiger partial charge on any atom is 0.186 e. The number of aromatic hydroxyl groups is 1. The molecule has 11 heteroatoms. The Labute approximate surface area is 185 Å². The zero-order chi connectivity index (χ0) is 23.5. The van der Waals surface area contributed by atoms with Gasteiger partial charge in [-0.1, -0.05) is 12.1 Å². The Bertz CT molecular complexity index is 716. The van der Waals surface area contributed by atoms with Gasteiger partial charge in [0.2, 0.25) is 0 Å². The molecule has 0 aromatic heterocycles. The van der Waals surface area contributed by atoms with Crippen molar-refractivity contribution in [2.75, 3.05) is 19.8 Å². The van der Waals surface area contributed by atoms with Crippen molar-refractivity contribution in [2.24, 2.45) is 0 Å². The predicted octanol–water partition coefficient (Wildman–Crippen LogP) is -2.01. The fraction of sp³-hybridized carbons (Fsp3) is 0.714. The molecular weight excluding hydrogens is 428 g/mol. The number of hydrogen-bond donors (Lipinski definition) is 7. The molecule has 2 aliphatic heterocycles. The lowest BCUT2D eigenvalue weighted by Gasteiger charge is -2.41. The highest BCUT2D eigenvalue weighted by Gasteiger charge is 2.50. The molecule has 1 aromatic carbocycles. The normalized spacial score (nSPS) is 38.7. The molecule has 0 aliphatic carbocycles. The summed E-state index contributed by atoms with van der Waals surface area (Å²) in [6.45, 7) is 0.377. The van der Waals surface area contributed by atoms with Crippen LogP contribution in [0.5, 0.6) is 5.75 Å². The SMILES string of the molecule is C[C@@H](CCc1ccc(O)cc1)O[C@H]1O[C@H](CO[C@@H]2OC[C@](O)(CO)[C@H]2O)[C@@H](O)[C@H](O)[C@H]1O. The molecule has 2 fully saturated rings. The molecule has 0 amide bonds. The number of aliphatic hydroxyl groups excluding tert-OH is 5. The van der Waals surface area contributed by atoms with Gasteiger partial charge in [-0.3, -0.25) is 0 Å². The van der Waals surface area contributed by atoms with Crippen molar-refractivity contribution < 1.29 is 54.7 Å². The van der Waals surface area contributed by atoms with Crippen LogP contribution in [0.1, 0.15) is 18.9 Å². The van der Waals surface area contributed by atoms with Gasteiger partial charge < -0.3 is 54.7 Å². The third-order valence-electron chi connectivity index (χ3n) is 5.82. The fourth-order valence-corrected chi connectivity index (χ4v) is 3.62. The largest absolute Gasteiger partial charge is 0.508 e. The average molecular weight is 460 g/mol. The lowest BCUT2D eigenvalue weighted by molar-refractivity contribution is -0.317. The number of rotatable bonds is 9. The van der Waals surface area contributed by atoms with Crippen LogP contribution in [0.4, 0.5) is 0 Å². The topological polar surface area (TPSA) is 179 Å².